The summed E-state index contributed by atoms with van der Waals surface area (Å²) in [5.74, 6) is -19.5. The molecule has 0 radical (unpaired) electrons. The van der Waals surface area contributed by atoms with Crippen LogP contribution in [0.4, 0.5) is 69.7 Å². The van der Waals surface area contributed by atoms with Crippen LogP contribution in [0.1, 0.15) is 5.56 Å². The van der Waals surface area contributed by atoms with Crippen LogP contribution in [0.5, 0.6) is 0 Å². The van der Waals surface area contributed by atoms with Gasteiger partial charge in [-0.1, -0.05) is 11.6 Å². The molecule has 0 aliphatic carbocycles. The molecule has 0 saturated heterocycles. The molecule has 0 bridgehead atoms. The second kappa shape index (κ2) is 7.93. The summed E-state index contributed by atoms with van der Waals surface area (Å²) in [7, 11) is 0. The molecule has 0 aromatic heterocycles. The number of aliphatic imine (C=N–C) groups is 1. The predicted molar refractivity (Wildman–Crippen MR) is 78.6 cm³/mol. The Labute approximate surface area is 170 Å². The number of rotatable bonds is 6. The largest absolute Gasteiger partial charge is 0.460 e. The maximum Gasteiger partial charge on any atom is 0.460 e. The molecule has 1 rings (SSSR count). The highest BCUT2D eigenvalue weighted by Gasteiger charge is 2.75. The molecule has 20 heteroatoms. The van der Waals surface area contributed by atoms with Gasteiger partial charge in [0, 0.05) is 17.7 Å². The molecule has 1 aromatic rings. The van der Waals surface area contributed by atoms with Crippen molar-refractivity contribution in [2.75, 3.05) is 0 Å². The minimum absolute atomic E-state index is 0.733. The zero-order chi connectivity index (χ0) is 25.7. The van der Waals surface area contributed by atoms with Crippen LogP contribution in [-0.4, -0.2) is 39.2 Å². The molecule has 0 saturated carbocycles. The van der Waals surface area contributed by atoms with E-state index < -0.39 is 79.9 Å². The van der Waals surface area contributed by atoms with Gasteiger partial charge < -0.3 is 0 Å². The maximum absolute atomic E-state index is 13.5. The third-order valence-corrected chi connectivity index (χ3v) is 3.72. The van der Waals surface area contributed by atoms with Crippen molar-refractivity contribution in [1.82, 2.24) is 0 Å². The number of halogens is 13. The Morgan fingerprint density at radius 2 is 1.16 bits per heavy atom. The standard InChI is InChI=1S/C12H2ClF12N3O4/c13-7(9(16,17)10(18,19)12(23,24)25)26-6-4(27(29)30)1-3(2-5(6)28(31)32)8(14,15)11(20,21)22/h1-2H. The van der Waals surface area contributed by atoms with Crippen molar-refractivity contribution in [1.29, 1.82) is 0 Å². The van der Waals surface area contributed by atoms with Crippen LogP contribution in [0.25, 0.3) is 0 Å². The highest BCUT2D eigenvalue weighted by Crippen LogP contribution is 2.51. The lowest BCUT2D eigenvalue weighted by Crippen LogP contribution is -2.54. The highest BCUT2D eigenvalue weighted by molar-refractivity contribution is 6.67. The smallest absolute Gasteiger partial charge is 0.258 e. The molecule has 0 fully saturated rings. The minimum Gasteiger partial charge on any atom is -0.258 e. The van der Waals surface area contributed by atoms with Gasteiger partial charge in [-0.05, 0) is 0 Å². The number of benzene rings is 1. The van der Waals surface area contributed by atoms with Crippen LogP contribution in [0.3, 0.4) is 0 Å². The van der Waals surface area contributed by atoms with Gasteiger partial charge in [-0.3, -0.25) is 20.2 Å². The quantitative estimate of drug-likeness (QED) is 0.193. The number of nitrogens with zero attached hydrogens (tertiary/aromatic N) is 3. The number of nitro groups is 2. The van der Waals surface area contributed by atoms with Crippen molar-refractivity contribution < 1.29 is 62.5 Å². The first-order valence-electron chi connectivity index (χ1n) is 6.99. The Morgan fingerprint density at radius 1 is 0.781 bits per heavy atom. The molecule has 0 aliphatic heterocycles. The summed E-state index contributed by atoms with van der Waals surface area (Å²) in [6, 6.07) is -1.47. The highest BCUT2D eigenvalue weighted by atomic mass is 35.5. The normalized spacial score (nSPS) is 14.5. The average molecular weight is 516 g/mol. The molecule has 0 unspecified atom stereocenters. The first-order valence-corrected chi connectivity index (χ1v) is 7.36. The summed E-state index contributed by atoms with van der Waals surface area (Å²) in [5, 5.41) is 18.8. The zero-order valence-corrected chi connectivity index (χ0v) is 14.8. The fourth-order valence-corrected chi connectivity index (χ4v) is 2.02. The zero-order valence-electron chi connectivity index (χ0n) is 14.0. The van der Waals surface area contributed by atoms with Crippen molar-refractivity contribution in [2.24, 2.45) is 4.99 Å². The van der Waals surface area contributed by atoms with Gasteiger partial charge in [-0.15, -0.1) is 0 Å². The van der Waals surface area contributed by atoms with Crippen LogP contribution in [0.2, 0.25) is 0 Å². The molecule has 0 aliphatic rings. The van der Waals surface area contributed by atoms with E-state index in [4.69, 9.17) is 0 Å². The number of alkyl halides is 12. The lowest BCUT2D eigenvalue weighted by molar-refractivity contribution is -0.393. The Hall–Kier alpha value is -2.86. The van der Waals surface area contributed by atoms with E-state index in [0.29, 0.717) is 0 Å². The van der Waals surface area contributed by atoms with Gasteiger partial charge in [0.15, 0.2) is 5.17 Å². The van der Waals surface area contributed by atoms with E-state index in [2.05, 4.69) is 16.6 Å². The molecule has 1 aromatic carbocycles. The Balaban J connectivity index is 3.96. The fourth-order valence-electron chi connectivity index (χ4n) is 1.82. The SMILES string of the molecule is O=[N+]([O-])c1cc(C(F)(F)C(F)(F)F)cc([N+](=O)[O-])c1N=C(Cl)C(F)(F)C(F)(F)C(F)(F)F. The van der Waals surface area contributed by atoms with Crippen molar-refractivity contribution >= 4 is 33.8 Å². The average Bonchev–Trinajstić information content (AvgIpc) is 2.58. The van der Waals surface area contributed by atoms with Crippen LogP contribution >= 0.6 is 11.6 Å². The van der Waals surface area contributed by atoms with Gasteiger partial charge >= 0.3 is 41.5 Å². The summed E-state index contributed by atoms with van der Waals surface area (Å²) in [5.41, 5.74) is -9.19. The van der Waals surface area contributed by atoms with Gasteiger partial charge in [0.25, 0.3) is 0 Å². The molecular weight excluding hydrogens is 514 g/mol. The molecule has 0 N–H and O–H groups in total. The predicted octanol–water partition coefficient (Wildman–Crippen LogP) is 6.26. The third-order valence-electron chi connectivity index (χ3n) is 3.40. The van der Waals surface area contributed by atoms with Gasteiger partial charge in [-0.2, -0.15) is 52.7 Å². The second-order valence-electron chi connectivity index (χ2n) is 5.50. The van der Waals surface area contributed by atoms with Gasteiger partial charge in [0.2, 0.25) is 5.69 Å². The Bertz CT molecular complexity index is 938. The first kappa shape index (κ1) is 27.2. The molecule has 0 amide bonds. The van der Waals surface area contributed by atoms with E-state index >= 15 is 0 Å². The van der Waals surface area contributed by atoms with E-state index in [1.165, 1.54) is 0 Å². The molecular formula is C12H2ClF12N3O4. The topological polar surface area (TPSA) is 98.6 Å². The summed E-state index contributed by atoms with van der Waals surface area (Å²) in [4.78, 5) is 20.0. The van der Waals surface area contributed by atoms with Crippen LogP contribution in [-0.2, 0) is 5.92 Å². The summed E-state index contributed by atoms with van der Waals surface area (Å²) < 4.78 is 154. The van der Waals surface area contributed by atoms with Crippen molar-refractivity contribution in [3.05, 3.63) is 37.9 Å². The number of hydrogen-bond donors (Lipinski definition) is 0. The minimum atomic E-state index is -6.98. The number of hydrogen-bond acceptors (Lipinski definition) is 5. The molecule has 7 nitrogen and oxygen atoms in total. The Kier molecular flexibility index (Phi) is 6.73. The molecule has 32 heavy (non-hydrogen) atoms. The first-order chi connectivity index (χ1) is 14.0. The van der Waals surface area contributed by atoms with Crippen molar-refractivity contribution in [3.8, 4) is 0 Å². The van der Waals surface area contributed by atoms with Crippen LogP contribution in [0, 0.1) is 20.2 Å². The van der Waals surface area contributed by atoms with Crippen molar-refractivity contribution in [3.63, 3.8) is 0 Å². The van der Waals surface area contributed by atoms with E-state index in [1.807, 2.05) is 0 Å². The van der Waals surface area contributed by atoms with E-state index in [0.717, 1.165) is 0 Å². The van der Waals surface area contributed by atoms with Gasteiger partial charge in [0.05, 0.1) is 9.85 Å². The van der Waals surface area contributed by atoms with Gasteiger partial charge in [-0.25, -0.2) is 4.99 Å². The number of nitro benzene ring substituents is 2. The van der Waals surface area contributed by atoms with Crippen LogP contribution < -0.4 is 0 Å². The molecule has 0 atom stereocenters. The lowest BCUT2D eigenvalue weighted by Gasteiger charge is -2.26. The Morgan fingerprint density at radius 3 is 1.44 bits per heavy atom. The summed E-state index contributed by atoms with van der Waals surface area (Å²) in [6.45, 7) is 0. The maximum atomic E-state index is 13.5. The second-order valence-corrected chi connectivity index (χ2v) is 5.86. The molecule has 0 spiro atoms. The summed E-state index contributed by atoms with van der Waals surface area (Å²) in [6.07, 6.45) is -13.5. The van der Waals surface area contributed by atoms with E-state index in [1.54, 1.807) is 0 Å². The monoisotopic (exact) mass is 515 g/mol. The third kappa shape index (κ3) is 4.51. The lowest BCUT2D eigenvalue weighted by atomic mass is 10.0. The van der Waals surface area contributed by atoms with Crippen LogP contribution in [0.15, 0.2) is 17.1 Å². The van der Waals surface area contributed by atoms with E-state index in [9.17, 15) is 72.9 Å². The molecule has 180 valence electrons. The van der Waals surface area contributed by atoms with Crippen molar-refractivity contribution in [2.45, 2.75) is 30.1 Å². The summed E-state index contributed by atoms with van der Waals surface area (Å²) >= 11 is 4.60. The van der Waals surface area contributed by atoms with Gasteiger partial charge in [0.1, 0.15) is 0 Å². The fraction of sp³-hybridized carbons (Fsp3) is 0.417. The van der Waals surface area contributed by atoms with E-state index in [-0.39, 0.29) is 0 Å². The molecule has 0 heterocycles.